The van der Waals surface area contributed by atoms with E-state index in [0.29, 0.717) is 10.7 Å². The Kier molecular flexibility index (Phi) is 2.87. The van der Waals surface area contributed by atoms with Crippen molar-refractivity contribution in [3.8, 4) is 5.69 Å². The quantitative estimate of drug-likeness (QED) is 0.788. The maximum atomic E-state index is 6.15. The zero-order valence-electron chi connectivity index (χ0n) is 10.2. The lowest BCUT2D eigenvalue weighted by molar-refractivity contribution is 0.572. The lowest BCUT2D eigenvalue weighted by atomic mass is 9.93. The minimum absolute atomic E-state index is 0.0258. The van der Waals surface area contributed by atoms with Crippen LogP contribution in [0.15, 0.2) is 30.7 Å². The molecule has 0 atom stereocenters. The van der Waals surface area contributed by atoms with Crippen molar-refractivity contribution in [1.29, 1.82) is 0 Å². The first-order chi connectivity index (χ1) is 7.88. The average molecular weight is 250 g/mol. The highest BCUT2D eigenvalue weighted by atomic mass is 35.5. The molecule has 0 saturated heterocycles. The number of benzene rings is 1. The van der Waals surface area contributed by atoms with E-state index in [1.807, 2.05) is 16.8 Å². The summed E-state index contributed by atoms with van der Waals surface area (Å²) in [5, 5.41) is 0.664. The second-order valence-electron chi connectivity index (χ2n) is 5.13. The van der Waals surface area contributed by atoms with Crippen molar-refractivity contribution in [3.05, 3.63) is 41.4 Å². The Morgan fingerprint density at radius 1 is 1.29 bits per heavy atom. The lowest BCUT2D eigenvalue weighted by Gasteiger charge is -2.14. The van der Waals surface area contributed by atoms with Crippen molar-refractivity contribution in [1.82, 2.24) is 9.55 Å². The molecule has 0 radical (unpaired) electrons. The highest BCUT2D eigenvalue weighted by molar-refractivity contribution is 6.32. The second-order valence-corrected chi connectivity index (χ2v) is 5.53. The zero-order chi connectivity index (χ0) is 12.6. The van der Waals surface area contributed by atoms with Crippen LogP contribution in [0.25, 0.3) is 5.69 Å². The van der Waals surface area contributed by atoms with E-state index in [9.17, 15) is 0 Å². The van der Waals surface area contributed by atoms with Gasteiger partial charge in [0.15, 0.2) is 0 Å². The van der Waals surface area contributed by atoms with Crippen LogP contribution in [0, 0.1) is 0 Å². The molecule has 1 aromatic carbocycles. The van der Waals surface area contributed by atoms with Gasteiger partial charge in [-0.2, -0.15) is 0 Å². The molecule has 0 fully saturated rings. The largest absolute Gasteiger partial charge is 0.399 e. The molecule has 2 N–H and O–H groups in total. The van der Waals surface area contributed by atoms with E-state index in [4.69, 9.17) is 17.3 Å². The molecule has 0 spiro atoms. The summed E-state index contributed by atoms with van der Waals surface area (Å²) >= 11 is 6.15. The van der Waals surface area contributed by atoms with Gasteiger partial charge in [0, 0.05) is 17.3 Å². The van der Waals surface area contributed by atoms with Crippen molar-refractivity contribution < 1.29 is 0 Å². The first kappa shape index (κ1) is 12.0. The van der Waals surface area contributed by atoms with Gasteiger partial charge >= 0.3 is 0 Å². The van der Waals surface area contributed by atoms with E-state index in [0.717, 1.165) is 11.4 Å². The zero-order valence-corrected chi connectivity index (χ0v) is 11.0. The van der Waals surface area contributed by atoms with Crippen molar-refractivity contribution >= 4 is 17.3 Å². The Morgan fingerprint density at radius 3 is 2.59 bits per heavy atom. The number of nitrogens with two attached hydrogens (primary N) is 1. The molecule has 0 amide bonds. The Balaban J connectivity index is 2.47. The van der Waals surface area contributed by atoms with E-state index in [1.54, 1.807) is 18.5 Å². The molecule has 0 aliphatic heterocycles. The molecule has 0 aliphatic rings. The molecule has 2 rings (SSSR count). The molecule has 0 bridgehead atoms. The maximum absolute atomic E-state index is 6.15. The molecule has 1 aromatic heterocycles. The van der Waals surface area contributed by atoms with E-state index < -0.39 is 0 Å². The number of halogens is 1. The van der Waals surface area contributed by atoms with Crippen LogP contribution in [0.5, 0.6) is 0 Å². The topological polar surface area (TPSA) is 43.8 Å². The monoisotopic (exact) mass is 249 g/mol. The first-order valence-electron chi connectivity index (χ1n) is 5.48. The van der Waals surface area contributed by atoms with Crippen molar-refractivity contribution in [2.75, 3.05) is 5.73 Å². The van der Waals surface area contributed by atoms with Gasteiger partial charge in [-0.3, -0.25) is 0 Å². The average Bonchev–Trinajstić information content (AvgIpc) is 2.70. The summed E-state index contributed by atoms with van der Waals surface area (Å²) < 4.78 is 1.90. The summed E-state index contributed by atoms with van der Waals surface area (Å²) in [6.07, 6.45) is 3.75. The van der Waals surface area contributed by atoms with Crippen LogP contribution in [0.3, 0.4) is 0 Å². The summed E-state index contributed by atoms with van der Waals surface area (Å²) in [6, 6.07) is 5.42. The first-order valence-corrected chi connectivity index (χ1v) is 5.85. The van der Waals surface area contributed by atoms with E-state index in [2.05, 4.69) is 25.8 Å². The second kappa shape index (κ2) is 4.08. The van der Waals surface area contributed by atoms with Crippen LogP contribution < -0.4 is 5.73 Å². The Bertz CT molecular complexity index is 538. The van der Waals surface area contributed by atoms with Gasteiger partial charge in [0.25, 0.3) is 0 Å². The number of anilines is 1. The molecule has 1 heterocycles. The number of hydrogen-bond donors (Lipinski definition) is 1. The molecule has 4 heteroatoms. The van der Waals surface area contributed by atoms with Crippen molar-refractivity contribution in [3.63, 3.8) is 0 Å². The lowest BCUT2D eigenvalue weighted by Crippen LogP contribution is -2.11. The van der Waals surface area contributed by atoms with Crippen LogP contribution in [0.4, 0.5) is 5.69 Å². The Hall–Kier alpha value is -1.48. The van der Waals surface area contributed by atoms with Crippen LogP contribution in [-0.2, 0) is 5.41 Å². The molecule has 0 aliphatic carbocycles. The fourth-order valence-electron chi connectivity index (χ4n) is 1.57. The summed E-state index contributed by atoms with van der Waals surface area (Å²) in [5.41, 5.74) is 8.36. The van der Waals surface area contributed by atoms with Gasteiger partial charge in [0.05, 0.1) is 22.7 Å². The van der Waals surface area contributed by atoms with Gasteiger partial charge in [0.2, 0.25) is 0 Å². The fraction of sp³-hybridized carbons (Fsp3) is 0.308. The number of hydrogen-bond acceptors (Lipinski definition) is 2. The molecule has 2 aromatic rings. The molecule has 17 heavy (non-hydrogen) atoms. The fourth-order valence-corrected chi connectivity index (χ4v) is 1.78. The van der Waals surface area contributed by atoms with E-state index >= 15 is 0 Å². The van der Waals surface area contributed by atoms with E-state index in [1.165, 1.54) is 0 Å². The molecule has 90 valence electrons. The third-order valence-electron chi connectivity index (χ3n) is 2.60. The third kappa shape index (κ3) is 2.44. The summed E-state index contributed by atoms with van der Waals surface area (Å²) in [5.74, 6) is 0. The summed E-state index contributed by atoms with van der Waals surface area (Å²) in [7, 11) is 0. The standard InChI is InChI=1S/C13H16ClN3/c1-13(2,3)12-7-17(8-16-12)11-6-9(15)4-5-10(11)14/h4-8H,15H2,1-3H3. The smallest absolute Gasteiger partial charge is 0.0995 e. The van der Waals surface area contributed by atoms with E-state index in [-0.39, 0.29) is 5.41 Å². The Labute approximate surface area is 106 Å². The number of nitrogens with zero attached hydrogens (tertiary/aromatic N) is 2. The number of imidazole rings is 1. The third-order valence-corrected chi connectivity index (χ3v) is 2.92. The Morgan fingerprint density at radius 2 is 2.00 bits per heavy atom. The number of rotatable bonds is 1. The van der Waals surface area contributed by atoms with Crippen molar-refractivity contribution in [2.24, 2.45) is 0 Å². The SMILES string of the molecule is CC(C)(C)c1cn(-c2cc(N)ccc2Cl)cn1. The predicted octanol–water partition coefficient (Wildman–Crippen LogP) is 3.41. The highest BCUT2D eigenvalue weighted by Gasteiger charge is 2.17. The van der Waals surface area contributed by atoms with Crippen molar-refractivity contribution in [2.45, 2.75) is 26.2 Å². The summed E-state index contributed by atoms with van der Waals surface area (Å²) in [4.78, 5) is 4.40. The minimum Gasteiger partial charge on any atom is -0.399 e. The van der Waals surface area contributed by atoms with Crippen LogP contribution in [-0.4, -0.2) is 9.55 Å². The van der Waals surface area contributed by atoms with Gasteiger partial charge in [-0.05, 0) is 18.2 Å². The van der Waals surface area contributed by atoms with Gasteiger partial charge < -0.3 is 10.3 Å². The molecule has 0 saturated carbocycles. The molecule has 0 unspecified atom stereocenters. The minimum atomic E-state index is 0.0258. The highest BCUT2D eigenvalue weighted by Crippen LogP contribution is 2.26. The van der Waals surface area contributed by atoms with Crippen LogP contribution >= 0.6 is 11.6 Å². The number of aromatic nitrogens is 2. The van der Waals surface area contributed by atoms with Gasteiger partial charge in [-0.15, -0.1) is 0 Å². The predicted molar refractivity (Wildman–Crippen MR) is 71.7 cm³/mol. The van der Waals surface area contributed by atoms with Gasteiger partial charge in [-0.25, -0.2) is 4.98 Å². The number of nitrogen functional groups attached to an aromatic ring is 1. The molecular formula is C13H16ClN3. The normalized spacial score (nSPS) is 11.8. The molecule has 3 nitrogen and oxygen atoms in total. The molecular weight excluding hydrogens is 234 g/mol. The summed E-state index contributed by atoms with van der Waals surface area (Å²) in [6.45, 7) is 6.38. The van der Waals surface area contributed by atoms with Crippen LogP contribution in [0.2, 0.25) is 5.02 Å². The van der Waals surface area contributed by atoms with Crippen LogP contribution in [0.1, 0.15) is 26.5 Å². The maximum Gasteiger partial charge on any atom is 0.0995 e. The van der Waals surface area contributed by atoms with Gasteiger partial charge in [0.1, 0.15) is 0 Å². The van der Waals surface area contributed by atoms with Gasteiger partial charge in [-0.1, -0.05) is 32.4 Å².